The molecule has 0 bridgehead atoms. The van der Waals surface area contributed by atoms with Gasteiger partial charge < -0.3 is 9.88 Å². The molecule has 2 nitrogen and oxygen atoms in total. The number of hydrogen-bond donors (Lipinski definition) is 1. The Kier molecular flexibility index (Phi) is 3.57. The van der Waals surface area contributed by atoms with Gasteiger partial charge in [0.25, 0.3) is 0 Å². The first kappa shape index (κ1) is 12.0. The molecule has 1 aliphatic heterocycles. The van der Waals surface area contributed by atoms with Crippen molar-refractivity contribution in [3.63, 3.8) is 0 Å². The van der Waals surface area contributed by atoms with Crippen molar-refractivity contribution in [2.45, 2.75) is 13.0 Å². The Hall–Kier alpha value is -0.510. The third kappa shape index (κ3) is 1.99. The van der Waals surface area contributed by atoms with Gasteiger partial charge in [-0.25, -0.2) is 0 Å². The average Bonchev–Trinajstić information content (AvgIpc) is 2.44. The van der Waals surface area contributed by atoms with Crippen LogP contribution in [0.4, 0.5) is 0 Å². The number of hydrogen-bond acceptors (Lipinski definition) is 1. The van der Waals surface area contributed by atoms with Crippen LogP contribution in [0.25, 0.3) is 10.9 Å². The van der Waals surface area contributed by atoms with Gasteiger partial charge in [-0.2, -0.15) is 0 Å². The molecule has 1 N–H and O–H groups in total. The molecule has 4 heteroatoms. The molecule has 0 radical (unpaired) electrons. The SMILES string of the molecule is Brc1ccc2cc3n(c2c1)CCNCC3.Cl. The van der Waals surface area contributed by atoms with Crippen molar-refractivity contribution < 1.29 is 0 Å². The largest absolute Gasteiger partial charge is 0.343 e. The summed E-state index contributed by atoms with van der Waals surface area (Å²) in [7, 11) is 0. The van der Waals surface area contributed by atoms with Crippen LogP contribution in [0.5, 0.6) is 0 Å². The topological polar surface area (TPSA) is 17.0 Å². The minimum Gasteiger partial charge on any atom is -0.343 e. The number of fused-ring (bicyclic) bond motifs is 3. The molecular weight excluding hydrogens is 288 g/mol. The van der Waals surface area contributed by atoms with Crippen LogP contribution in [0.1, 0.15) is 5.69 Å². The molecule has 0 amide bonds. The fourth-order valence-corrected chi connectivity index (χ4v) is 2.64. The van der Waals surface area contributed by atoms with E-state index < -0.39 is 0 Å². The number of aromatic nitrogens is 1. The Bertz CT molecular complexity index is 507. The Morgan fingerprint density at radius 1 is 1.19 bits per heavy atom. The predicted octanol–water partition coefficient (Wildman–Crippen LogP) is 2.97. The second kappa shape index (κ2) is 4.78. The third-order valence-corrected chi connectivity index (χ3v) is 3.52. The summed E-state index contributed by atoms with van der Waals surface area (Å²) in [5.41, 5.74) is 2.80. The van der Waals surface area contributed by atoms with Crippen molar-refractivity contribution in [2.24, 2.45) is 0 Å². The summed E-state index contributed by atoms with van der Waals surface area (Å²) >= 11 is 3.54. The number of halogens is 2. The molecule has 0 spiro atoms. The molecule has 2 heterocycles. The number of nitrogens with one attached hydrogen (secondary N) is 1. The third-order valence-electron chi connectivity index (χ3n) is 3.02. The van der Waals surface area contributed by atoms with Crippen molar-refractivity contribution in [2.75, 3.05) is 13.1 Å². The Morgan fingerprint density at radius 2 is 2.06 bits per heavy atom. The highest BCUT2D eigenvalue weighted by Crippen LogP contribution is 2.24. The maximum Gasteiger partial charge on any atom is 0.0494 e. The number of rotatable bonds is 0. The van der Waals surface area contributed by atoms with Crippen LogP contribution in [0.2, 0.25) is 0 Å². The van der Waals surface area contributed by atoms with E-state index in [2.05, 4.69) is 50.1 Å². The Morgan fingerprint density at radius 3 is 2.94 bits per heavy atom. The second-order valence-electron chi connectivity index (χ2n) is 3.99. The minimum atomic E-state index is 0. The summed E-state index contributed by atoms with van der Waals surface area (Å²) in [5.74, 6) is 0. The zero-order chi connectivity index (χ0) is 10.3. The first-order chi connectivity index (χ1) is 7.34. The normalized spacial score (nSPS) is 15.3. The van der Waals surface area contributed by atoms with Gasteiger partial charge in [0, 0.05) is 41.7 Å². The summed E-state index contributed by atoms with van der Waals surface area (Å²) < 4.78 is 3.59. The van der Waals surface area contributed by atoms with Crippen LogP contribution in [0.15, 0.2) is 28.7 Å². The van der Waals surface area contributed by atoms with Gasteiger partial charge in [0.15, 0.2) is 0 Å². The van der Waals surface area contributed by atoms with Gasteiger partial charge in [0.2, 0.25) is 0 Å². The van der Waals surface area contributed by atoms with Gasteiger partial charge in [-0.1, -0.05) is 22.0 Å². The van der Waals surface area contributed by atoms with E-state index in [1.807, 2.05) is 0 Å². The van der Waals surface area contributed by atoms with Gasteiger partial charge in [-0.15, -0.1) is 12.4 Å². The van der Waals surface area contributed by atoms with Crippen LogP contribution >= 0.6 is 28.3 Å². The lowest BCUT2D eigenvalue weighted by Gasteiger charge is -2.05. The second-order valence-corrected chi connectivity index (χ2v) is 4.91. The lowest BCUT2D eigenvalue weighted by atomic mass is 10.2. The molecule has 1 aromatic carbocycles. The van der Waals surface area contributed by atoms with E-state index in [0.717, 1.165) is 30.5 Å². The summed E-state index contributed by atoms with van der Waals surface area (Å²) in [5, 5.41) is 4.78. The van der Waals surface area contributed by atoms with Crippen molar-refractivity contribution in [3.8, 4) is 0 Å². The molecule has 0 atom stereocenters. The Balaban J connectivity index is 0.000000963. The van der Waals surface area contributed by atoms with E-state index in [1.54, 1.807) is 0 Å². The van der Waals surface area contributed by atoms with Crippen molar-refractivity contribution in [1.29, 1.82) is 0 Å². The van der Waals surface area contributed by atoms with Crippen molar-refractivity contribution in [1.82, 2.24) is 9.88 Å². The van der Waals surface area contributed by atoms with Gasteiger partial charge >= 0.3 is 0 Å². The summed E-state index contributed by atoms with van der Waals surface area (Å²) in [4.78, 5) is 0. The lowest BCUT2D eigenvalue weighted by Crippen LogP contribution is -2.17. The fourth-order valence-electron chi connectivity index (χ4n) is 2.29. The predicted molar refractivity (Wildman–Crippen MR) is 73.5 cm³/mol. The van der Waals surface area contributed by atoms with Gasteiger partial charge in [-0.05, 0) is 23.6 Å². The van der Waals surface area contributed by atoms with Gasteiger partial charge in [0.1, 0.15) is 0 Å². The smallest absolute Gasteiger partial charge is 0.0494 e. The average molecular weight is 302 g/mol. The highest BCUT2D eigenvalue weighted by atomic mass is 79.9. The van der Waals surface area contributed by atoms with Gasteiger partial charge in [-0.3, -0.25) is 0 Å². The van der Waals surface area contributed by atoms with E-state index in [1.165, 1.54) is 16.6 Å². The quantitative estimate of drug-likeness (QED) is 0.791. The molecule has 86 valence electrons. The highest BCUT2D eigenvalue weighted by Gasteiger charge is 2.11. The van der Waals surface area contributed by atoms with Crippen LogP contribution in [-0.4, -0.2) is 17.7 Å². The van der Waals surface area contributed by atoms with Crippen LogP contribution in [0.3, 0.4) is 0 Å². The van der Waals surface area contributed by atoms with Crippen LogP contribution in [0, 0.1) is 0 Å². The Labute approximate surface area is 110 Å². The monoisotopic (exact) mass is 300 g/mol. The fraction of sp³-hybridized carbons (Fsp3) is 0.333. The summed E-state index contributed by atoms with van der Waals surface area (Å²) in [6.45, 7) is 3.25. The number of benzene rings is 1. The number of nitrogens with zero attached hydrogens (tertiary/aromatic N) is 1. The first-order valence-corrected chi connectivity index (χ1v) is 6.12. The molecule has 0 aliphatic carbocycles. The van der Waals surface area contributed by atoms with Gasteiger partial charge in [0.05, 0.1) is 0 Å². The van der Waals surface area contributed by atoms with E-state index in [9.17, 15) is 0 Å². The molecule has 0 fully saturated rings. The minimum absolute atomic E-state index is 0. The molecular formula is C12H14BrClN2. The molecule has 16 heavy (non-hydrogen) atoms. The van der Waals surface area contributed by atoms with Crippen LogP contribution < -0.4 is 5.32 Å². The highest BCUT2D eigenvalue weighted by molar-refractivity contribution is 9.10. The maximum absolute atomic E-state index is 3.54. The maximum atomic E-state index is 3.54. The van der Waals surface area contributed by atoms with Crippen molar-refractivity contribution >= 4 is 39.2 Å². The first-order valence-electron chi connectivity index (χ1n) is 5.33. The van der Waals surface area contributed by atoms with E-state index in [-0.39, 0.29) is 12.4 Å². The van der Waals surface area contributed by atoms with E-state index in [4.69, 9.17) is 0 Å². The molecule has 1 aliphatic rings. The molecule has 3 rings (SSSR count). The summed E-state index contributed by atoms with van der Waals surface area (Å²) in [6.07, 6.45) is 1.13. The van der Waals surface area contributed by atoms with E-state index >= 15 is 0 Å². The summed E-state index contributed by atoms with van der Waals surface area (Å²) in [6, 6.07) is 8.83. The zero-order valence-electron chi connectivity index (χ0n) is 8.87. The molecule has 0 saturated carbocycles. The van der Waals surface area contributed by atoms with Crippen LogP contribution in [-0.2, 0) is 13.0 Å². The lowest BCUT2D eigenvalue weighted by molar-refractivity contribution is 0.658. The molecule has 2 aromatic rings. The molecule has 0 unspecified atom stereocenters. The van der Waals surface area contributed by atoms with Crippen molar-refractivity contribution in [3.05, 3.63) is 34.4 Å². The molecule has 0 saturated heterocycles. The standard InChI is InChI=1S/C12H13BrN2.ClH/c13-10-2-1-9-7-11-3-4-14-5-6-15(11)12(9)8-10;/h1-2,7-8,14H,3-6H2;1H. The zero-order valence-corrected chi connectivity index (χ0v) is 11.3. The van der Waals surface area contributed by atoms with E-state index in [0.29, 0.717) is 0 Å². The molecule has 1 aromatic heterocycles.